The van der Waals surface area contributed by atoms with Gasteiger partial charge in [-0.2, -0.15) is 0 Å². The van der Waals surface area contributed by atoms with Crippen molar-refractivity contribution in [2.45, 2.75) is 46.1 Å². The topological polar surface area (TPSA) is 46.2 Å². The van der Waals surface area contributed by atoms with Crippen LogP contribution in [0.25, 0.3) is 0 Å². The van der Waals surface area contributed by atoms with E-state index < -0.39 is 10.0 Å². The van der Waals surface area contributed by atoms with Gasteiger partial charge < -0.3 is 0 Å². The summed E-state index contributed by atoms with van der Waals surface area (Å²) in [6, 6.07) is 0.146. The lowest BCUT2D eigenvalue weighted by Gasteiger charge is -2.40. The van der Waals surface area contributed by atoms with E-state index in [0.29, 0.717) is 11.3 Å². The lowest BCUT2D eigenvalue weighted by atomic mass is 9.68. The van der Waals surface area contributed by atoms with E-state index >= 15 is 0 Å². The molecule has 1 aliphatic carbocycles. The van der Waals surface area contributed by atoms with E-state index in [1.807, 2.05) is 0 Å². The fourth-order valence-corrected chi connectivity index (χ4v) is 2.89. The Bertz CT molecular complexity index is 295. The molecule has 0 amide bonds. The first-order valence-electron chi connectivity index (χ1n) is 5.18. The van der Waals surface area contributed by atoms with E-state index in [2.05, 4.69) is 25.5 Å². The van der Waals surface area contributed by atoms with Crippen LogP contribution in [0.1, 0.15) is 40.0 Å². The van der Waals surface area contributed by atoms with E-state index in [0.717, 1.165) is 19.3 Å². The Morgan fingerprint density at radius 2 is 1.93 bits per heavy atom. The predicted octanol–water partition coefficient (Wildman–Crippen LogP) is 1.75. The second-order valence-electron chi connectivity index (χ2n) is 5.25. The Morgan fingerprint density at radius 1 is 1.36 bits per heavy atom. The zero-order valence-electron chi connectivity index (χ0n) is 9.50. The third kappa shape index (κ3) is 3.24. The zero-order valence-corrected chi connectivity index (χ0v) is 10.3. The van der Waals surface area contributed by atoms with Gasteiger partial charge in [-0.15, -0.1) is 0 Å². The lowest BCUT2D eigenvalue weighted by molar-refractivity contribution is 0.134. The predicted molar refractivity (Wildman–Crippen MR) is 58.6 cm³/mol. The molecule has 0 radical (unpaired) electrons. The smallest absolute Gasteiger partial charge is 0.208 e. The maximum absolute atomic E-state index is 11.1. The summed E-state index contributed by atoms with van der Waals surface area (Å²) in [6.45, 7) is 6.72. The van der Waals surface area contributed by atoms with Crippen LogP contribution in [0, 0.1) is 11.3 Å². The number of sulfonamides is 1. The van der Waals surface area contributed by atoms with Gasteiger partial charge >= 0.3 is 0 Å². The fourth-order valence-electron chi connectivity index (χ4n) is 2.07. The molecule has 0 bridgehead atoms. The molecular weight excluding hydrogens is 198 g/mol. The Morgan fingerprint density at radius 3 is 2.36 bits per heavy atom. The highest BCUT2D eigenvalue weighted by Crippen LogP contribution is 2.40. The van der Waals surface area contributed by atoms with Crippen LogP contribution in [0.4, 0.5) is 0 Å². The summed E-state index contributed by atoms with van der Waals surface area (Å²) in [5.41, 5.74) is 0.357. The first-order chi connectivity index (χ1) is 6.21. The van der Waals surface area contributed by atoms with Gasteiger partial charge in [-0.3, -0.25) is 0 Å². The number of nitrogens with one attached hydrogen (secondary N) is 1. The summed E-state index contributed by atoms with van der Waals surface area (Å²) < 4.78 is 24.8. The molecule has 3 nitrogen and oxygen atoms in total. The minimum absolute atomic E-state index is 0.146. The molecular formula is C10H21NO2S. The Kier molecular flexibility index (Phi) is 3.26. The molecule has 0 spiro atoms. The van der Waals surface area contributed by atoms with Crippen molar-refractivity contribution in [1.82, 2.24) is 4.72 Å². The van der Waals surface area contributed by atoms with Gasteiger partial charge in [0.2, 0.25) is 10.0 Å². The van der Waals surface area contributed by atoms with E-state index in [4.69, 9.17) is 0 Å². The van der Waals surface area contributed by atoms with Crippen LogP contribution in [-0.4, -0.2) is 20.7 Å². The first kappa shape index (κ1) is 12.0. The van der Waals surface area contributed by atoms with E-state index in [1.165, 1.54) is 6.26 Å². The van der Waals surface area contributed by atoms with Crippen molar-refractivity contribution >= 4 is 10.0 Å². The molecule has 0 heterocycles. The van der Waals surface area contributed by atoms with Crippen LogP contribution < -0.4 is 4.72 Å². The zero-order chi connectivity index (χ0) is 11.0. The summed E-state index contributed by atoms with van der Waals surface area (Å²) >= 11 is 0. The van der Waals surface area contributed by atoms with Crippen LogP contribution in [0.15, 0.2) is 0 Å². The van der Waals surface area contributed by atoms with Crippen LogP contribution in [0.5, 0.6) is 0 Å². The molecule has 0 aromatic heterocycles. The Labute approximate surface area is 87.3 Å². The molecule has 14 heavy (non-hydrogen) atoms. The van der Waals surface area contributed by atoms with Gasteiger partial charge in [0.15, 0.2) is 0 Å². The molecule has 1 fully saturated rings. The highest BCUT2D eigenvalue weighted by atomic mass is 32.2. The monoisotopic (exact) mass is 219 g/mol. The summed E-state index contributed by atoms with van der Waals surface area (Å²) in [5.74, 6) is 0.579. The van der Waals surface area contributed by atoms with Crippen molar-refractivity contribution in [3.05, 3.63) is 0 Å². The quantitative estimate of drug-likeness (QED) is 0.769. The van der Waals surface area contributed by atoms with Crippen molar-refractivity contribution < 1.29 is 8.42 Å². The van der Waals surface area contributed by atoms with Crippen LogP contribution in [0.3, 0.4) is 0 Å². The standard InChI is InChI=1S/C10H21NO2S/c1-8-7-9(11-14(4,12)13)5-6-10(8,2)3/h8-9,11H,5-7H2,1-4H3/t8-,9-/m0/s1. The van der Waals surface area contributed by atoms with Crippen molar-refractivity contribution in [2.75, 3.05) is 6.26 Å². The third-order valence-corrected chi connectivity index (χ3v) is 4.25. The summed E-state index contributed by atoms with van der Waals surface area (Å²) in [5, 5.41) is 0. The maximum Gasteiger partial charge on any atom is 0.208 e. The first-order valence-corrected chi connectivity index (χ1v) is 7.07. The van der Waals surface area contributed by atoms with Gasteiger partial charge in [-0.05, 0) is 30.6 Å². The van der Waals surface area contributed by atoms with Crippen molar-refractivity contribution in [1.29, 1.82) is 0 Å². The molecule has 4 heteroatoms. The third-order valence-electron chi connectivity index (χ3n) is 3.49. The maximum atomic E-state index is 11.1. The Hall–Kier alpha value is -0.0900. The molecule has 0 aliphatic heterocycles. The average Bonchev–Trinajstić information content (AvgIpc) is 1.95. The van der Waals surface area contributed by atoms with Crippen molar-refractivity contribution in [2.24, 2.45) is 11.3 Å². The minimum Gasteiger partial charge on any atom is -0.213 e. The van der Waals surface area contributed by atoms with Gasteiger partial charge in [-0.25, -0.2) is 13.1 Å². The lowest BCUT2D eigenvalue weighted by Crippen LogP contribution is -2.42. The highest BCUT2D eigenvalue weighted by molar-refractivity contribution is 7.88. The van der Waals surface area contributed by atoms with Gasteiger partial charge in [0.05, 0.1) is 6.26 Å². The molecule has 1 saturated carbocycles. The van der Waals surface area contributed by atoms with Gasteiger partial charge in [-0.1, -0.05) is 20.8 Å². The molecule has 0 aromatic rings. The number of hydrogen-bond donors (Lipinski definition) is 1. The fraction of sp³-hybridized carbons (Fsp3) is 1.00. The van der Waals surface area contributed by atoms with Crippen molar-refractivity contribution in [3.8, 4) is 0 Å². The molecule has 1 aliphatic rings. The number of hydrogen-bond acceptors (Lipinski definition) is 2. The molecule has 84 valence electrons. The largest absolute Gasteiger partial charge is 0.213 e. The molecule has 0 unspecified atom stereocenters. The summed E-state index contributed by atoms with van der Waals surface area (Å²) in [6.07, 6.45) is 4.25. The molecule has 0 saturated heterocycles. The summed E-state index contributed by atoms with van der Waals surface area (Å²) in [4.78, 5) is 0. The van der Waals surface area contributed by atoms with E-state index in [9.17, 15) is 8.42 Å². The molecule has 2 atom stereocenters. The van der Waals surface area contributed by atoms with Gasteiger partial charge in [0.25, 0.3) is 0 Å². The second-order valence-corrected chi connectivity index (χ2v) is 7.03. The highest BCUT2D eigenvalue weighted by Gasteiger charge is 2.34. The molecule has 1 rings (SSSR count). The van der Waals surface area contributed by atoms with Gasteiger partial charge in [0.1, 0.15) is 0 Å². The average molecular weight is 219 g/mol. The summed E-state index contributed by atoms with van der Waals surface area (Å²) in [7, 11) is -3.03. The molecule has 1 N–H and O–H groups in total. The van der Waals surface area contributed by atoms with Gasteiger partial charge in [0, 0.05) is 6.04 Å². The van der Waals surface area contributed by atoms with E-state index in [-0.39, 0.29) is 6.04 Å². The van der Waals surface area contributed by atoms with Crippen molar-refractivity contribution in [3.63, 3.8) is 0 Å². The second kappa shape index (κ2) is 3.81. The van der Waals surface area contributed by atoms with E-state index in [1.54, 1.807) is 0 Å². The SMILES string of the molecule is C[C@H]1C[C@@H](NS(C)(=O)=O)CCC1(C)C. The normalized spacial score (nSPS) is 32.9. The Balaban J connectivity index is 2.56. The van der Waals surface area contributed by atoms with Crippen LogP contribution >= 0.6 is 0 Å². The molecule has 0 aromatic carbocycles. The number of rotatable bonds is 2. The minimum atomic E-state index is -3.03. The van der Waals surface area contributed by atoms with Crippen LogP contribution in [0.2, 0.25) is 0 Å². The van der Waals surface area contributed by atoms with Crippen LogP contribution in [-0.2, 0) is 10.0 Å².